The van der Waals surface area contributed by atoms with Gasteiger partial charge in [0.1, 0.15) is 5.75 Å². The van der Waals surface area contributed by atoms with Crippen LogP contribution in [0.15, 0.2) is 22.7 Å². The van der Waals surface area contributed by atoms with Gasteiger partial charge in [-0.3, -0.25) is 4.79 Å². The van der Waals surface area contributed by atoms with Crippen molar-refractivity contribution in [2.24, 2.45) is 5.73 Å². The van der Waals surface area contributed by atoms with Crippen LogP contribution in [0.3, 0.4) is 0 Å². The second kappa shape index (κ2) is 6.20. The molecule has 0 atom stereocenters. The maximum Gasteiger partial charge on any atom is 0.239 e. The topological polar surface area (TPSA) is 64.3 Å². The van der Waals surface area contributed by atoms with Gasteiger partial charge in [-0.2, -0.15) is 0 Å². The molecule has 3 N–H and O–H groups in total. The Morgan fingerprint density at radius 3 is 2.72 bits per heavy atom. The Balaban J connectivity index is 2.59. The first kappa shape index (κ1) is 15.0. The third-order valence-corrected chi connectivity index (χ3v) is 3.00. The van der Waals surface area contributed by atoms with Crippen LogP contribution in [-0.4, -0.2) is 25.1 Å². The first-order valence-corrected chi connectivity index (χ1v) is 6.53. The molecule has 1 rings (SSSR count). The van der Waals surface area contributed by atoms with Crippen molar-refractivity contribution in [3.05, 3.63) is 28.2 Å². The van der Waals surface area contributed by atoms with Crippen LogP contribution in [0.1, 0.15) is 19.4 Å². The number of amides is 1. The van der Waals surface area contributed by atoms with E-state index in [9.17, 15) is 4.79 Å². The van der Waals surface area contributed by atoms with Crippen molar-refractivity contribution in [1.82, 2.24) is 5.32 Å². The summed E-state index contributed by atoms with van der Waals surface area (Å²) in [4.78, 5) is 11.6. The summed E-state index contributed by atoms with van der Waals surface area (Å²) >= 11 is 3.42. The molecule has 0 bridgehead atoms. The molecule has 0 unspecified atom stereocenters. The van der Waals surface area contributed by atoms with Crippen molar-refractivity contribution in [1.29, 1.82) is 0 Å². The third kappa shape index (κ3) is 4.31. The lowest BCUT2D eigenvalue weighted by molar-refractivity contribution is -0.125. The van der Waals surface area contributed by atoms with Crippen molar-refractivity contribution >= 4 is 21.8 Å². The minimum absolute atomic E-state index is 0.156. The Morgan fingerprint density at radius 1 is 1.50 bits per heavy atom. The number of hydrogen-bond acceptors (Lipinski definition) is 3. The number of rotatable bonds is 5. The van der Waals surface area contributed by atoms with Gasteiger partial charge in [0.15, 0.2) is 0 Å². The summed E-state index contributed by atoms with van der Waals surface area (Å²) in [6, 6.07) is 5.80. The highest BCUT2D eigenvalue weighted by Crippen LogP contribution is 2.23. The SMILES string of the molecule is COc1ccc(Br)cc1CCNC(=O)C(C)(C)N. The molecule has 100 valence electrons. The van der Waals surface area contributed by atoms with Crippen LogP contribution >= 0.6 is 15.9 Å². The Kier molecular flexibility index (Phi) is 5.16. The summed E-state index contributed by atoms with van der Waals surface area (Å²) in [6.45, 7) is 3.90. The predicted octanol–water partition coefficient (Wildman–Crippen LogP) is 1.85. The standard InChI is InChI=1S/C13H19BrN2O2/c1-13(2,15)12(17)16-7-6-9-8-10(14)4-5-11(9)18-3/h4-5,8H,6-7,15H2,1-3H3,(H,16,17). The number of carbonyl (C=O) groups excluding carboxylic acids is 1. The normalized spacial score (nSPS) is 11.2. The monoisotopic (exact) mass is 314 g/mol. The van der Waals surface area contributed by atoms with Crippen LogP contribution in [0.25, 0.3) is 0 Å². The molecular formula is C13H19BrN2O2. The molecule has 0 heterocycles. The number of hydrogen-bond donors (Lipinski definition) is 2. The van der Waals surface area contributed by atoms with E-state index in [1.807, 2.05) is 18.2 Å². The fourth-order valence-corrected chi connectivity index (χ4v) is 1.89. The summed E-state index contributed by atoms with van der Waals surface area (Å²) in [5.74, 6) is 0.663. The van der Waals surface area contributed by atoms with Gasteiger partial charge in [-0.25, -0.2) is 0 Å². The molecule has 0 aliphatic carbocycles. The number of nitrogens with two attached hydrogens (primary N) is 1. The molecule has 0 spiro atoms. The van der Waals surface area contributed by atoms with Crippen molar-refractivity contribution in [2.75, 3.05) is 13.7 Å². The first-order valence-electron chi connectivity index (χ1n) is 5.74. The molecular weight excluding hydrogens is 296 g/mol. The van der Waals surface area contributed by atoms with Crippen LogP contribution < -0.4 is 15.8 Å². The van der Waals surface area contributed by atoms with Crippen LogP contribution in [0.4, 0.5) is 0 Å². The molecule has 0 aliphatic rings. The molecule has 0 radical (unpaired) electrons. The van der Waals surface area contributed by atoms with E-state index in [1.54, 1.807) is 21.0 Å². The molecule has 0 fully saturated rings. The van der Waals surface area contributed by atoms with E-state index in [1.165, 1.54) is 0 Å². The van der Waals surface area contributed by atoms with Crippen LogP contribution in [-0.2, 0) is 11.2 Å². The zero-order chi connectivity index (χ0) is 13.8. The highest BCUT2D eigenvalue weighted by atomic mass is 79.9. The van der Waals surface area contributed by atoms with Gasteiger partial charge in [-0.05, 0) is 44.0 Å². The summed E-state index contributed by atoms with van der Waals surface area (Å²) in [6.07, 6.45) is 0.699. The van der Waals surface area contributed by atoms with Crippen molar-refractivity contribution in [3.63, 3.8) is 0 Å². The first-order chi connectivity index (χ1) is 8.34. The fourth-order valence-electron chi connectivity index (χ4n) is 1.48. The Bertz CT molecular complexity index is 427. The lowest BCUT2D eigenvalue weighted by atomic mass is 10.1. The minimum Gasteiger partial charge on any atom is -0.496 e. The van der Waals surface area contributed by atoms with E-state index in [2.05, 4.69) is 21.2 Å². The number of carbonyl (C=O) groups is 1. The van der Waals surface area contributed by atoms with Crippen molar-refractivity contribution < 1.29 is 9.53 Å². The van der Waals surface area contributed by atoms with Gasteiger partial charge in [0.2, 0.25) is 5.91 Å². The van der Waals surface area contributed by atoms with Gasteiger partial charge < -0.3 is 15.8 Å². The van der Waals surface area contributed by atoms with Crippen LogP contribution in [0.5, 0.6) is 5.75 Å². The van der Waals surface area contributed by atoms with E-state index >= 15 is 0 Å². The Labute approximate surface area is 116 Å². The molecule has 1 aromatic carbocycles. The fraction of sp³-hybridized carbons (Fsp3) is 0.462. The average molecular weight is 315 g/mol. The molecule has 18 heavy (non-hydrogen) atoms. The van der Waals surface area contributed by atoms with Crippen LogP contribution in [0, 0.1) is 0 Å². The van der Waals surface area contributed by atoms with Gasteiger partial charge in [0.05, 0.1) is 12.6 Å². The maximum atomic E-state index is 11.6. The molecule has 0 saturated heterocycles. The second-order valence-corrected chi connectivity index (χ2v) is 5.60. The Morgan fingerprint density at radius 2 is 2.17 bits per heavy atom. The smallest absolute Gasteiger partial charge is 0.239 e. The number of methoxy groups -OCH3 is 1. The molecule has 1 aromatic rings. The summed E-state index contributed by atoms with van der Waals surface area (Å²) in [5, 5.41) is 2.81. The van der Waals surface area contributed by atoms with Gasteiger partial charge in [0.25, 0.3) is 0 Å². The van der Waals surface area contributed by atoms with E-state index < -0.39 is 5.54 Å². The van der Waals surface area contributed by atoms with Gasteiger partial charge in [-0.15, -0.1) is 0 Å². The predicted molar refractivity (Wildman–Crippen MR) is 75.7 cm³/mol. The molecule has 4 nitrogen and oxygen atoms in total. The summed E-state index contributed by atoms with van der Waals surface area (Å²) in [5.41, 5.74) is 5.89. The number of ether oxygens (including phenoxy) is 1. The zero-order valence-corrected chi connectivity index (χ0v) is 12.5. The number of halogens is 1. The third-order valence-electron chi connectivity index (χ3n) is 2.51. The second-order valence-electron chi connectivity index (χ2n) is 4.68. The van der Waals surface area contributed by atoms with Gasteiger partial charge >= 0.3 is 0 Å². The van der Waals surface area contributed by atoms with E-state index in [4.69, 9.17) is 10.5 Å². The van der Waals surface area contributed by atoms with Gasteiger partial charge in [-0.1, -0.05) is 15.9 Å². The maximum absolute atomic E-state index is 11.6. The lowest BCUT2D eigenvalue weighted by Gasteiger charge is -2.18. The molecule has 0 saturated carbocycles. The summed E-state index contributed by atoms with van der Waals surface area (Å²) < 4.78 is 6.26. The highest BCUT2D eigenvalue weighted by molar-refractivity contribution is 9.10. The number of nitrogens with one attached hydrogen (secondary N) is 1. The largest absolute Gasteiger partial charge is 0.496 e. The Hall–Kier alpha value is -1.07. The zero-order valence-electron chi connectivity index (χ0n) is 10.9. The summed E-state index contributed by atoms with van der Waals surface area (Å²) in [7, 11) is 1.63. The molecule has 0 aliphatic heterocycles. The van der Waals surface area contributed by atoms with Gasteiger partial charge in [0, 0.05) is 11.0 Å². The average Bonchev–Trinajstić information content (AvgIpc) is 2.28. The van der Waals surface area contributed by atoms with E-state index in [0.29, 0.717) is 13.0 Å². The van der Waals surface area contributed by atoms with E-state index in [-0.39, 0.29) is 5.91 Å². The lowest BCUT2D eigenvalue weighted by Crippen LogP contribution is -2.49. The molecule has 0 aromatic heterocycles. The quantitative estimate of drug-likeness (QED) is 0.872. The number of benzene rings is 1. The van der Waals surface area contributed by atoms with E-state index in [0.717, 1.165) is 15.8 Å². The molecule has 1 amide bonds. The molecule has 5 heteroatoms. The van der Waals surface area contributed by atoms with Crippen LogP contribution in [0.2, 0.25) is 0 Å². The minimum atomic E-state index is -0.846. The highest BCUT2D eigenvalue weighted by Gasteiger charge is 2.20. The van der Waals surface area contributed by atoms with Crippen molar-refractivity contribution in [3.8, 4) is 5.75 Å². The van der Waals surface area contributed by atoms with Crippen molar-refractivity contribution in [2.45, 2.75) is 25.8 Å².